The molecular formula is C15H25Cl. The van der Waals surface area contributed by atoms with E-state index in [2.05, 4.69) is 39.5 Å². The lowest BCUT2D eigenvalue weighted by atomic mass is 10.1. The van der Waals surface area contributed by atoms with Crippen molar-refractivity contribution in [2.75, 3.05) is 5.88 Å². The van der Waals surface area contributed by atoms with Gasteiger partial charge in [0, 0.05) is 5.88 Å². The van der Waals surface area contributed by atoms with E-state index >= 15 is 0 Å². The zero-order chi connectivity index (χ0) is 12.4. The maximum Gasteiger partial charge on any atom is 0.0260 e. The maximum absolute atomic E-state index is 5.65. The normalized spacial score (nSPS) is 11.4. The number of hydrogen-bond donors (Lipinski definition) is 0. The van der Waals surface area contributed by atoms with Gasteiger partial charge in [0.2, 0.25) is 0 Å². The maximum atomic E-state index is 5.65. The van der Waals surface area contributed by atoms with Crippen LogP contribution in [0.25, 0.3) is 0 Å². The molecule has 0 aliphatic rings. The van der Waals surface area contributed by atoms with Crippen LogP contribution >= 0.6 is 11.6 Å². The Morgan fingerprint density at radius 1 is 1.00 bits per heavy atom. The largest absolute Gasteiger partial charge is 0.126 e. The highest BCUT2D eigenvalue weighted by Crippen LogP contribution is 2.12. The van der Waals surface area contributed by atoms with Crippen molar-refractivity contribution < 1.29 is 0 Å². The van der Waals surface area contributed by atoms with Crippen molar-refractivity contribution in [3.63, 3.8) is 0 Å². The lowest BCUT2D eigenvalue weighted by Crippen LogP contribution is -1.84. The van der Waals surface area contributed by atoms with E-state index < -0.39 is 0 Å². The fraction of sp³-hybridized carbons (Fsp3) is 0.600. The number of halogens is 1. The molecule has 0 aromatic rings. The molecule has 0 N–H and O–H groups in total. The highest BCUT2D eigenvalue weighted by Gasteiger charge is 1.93. The minimum atomic E-state index is 0.697. The van der Waals surface area contributed by atoms with Gasteiger partial charge in [-0.25, -0.2) is 0 Å². The minimum absolute atomic E-state index is 0.697. The first kappa shape index (κ1) is 15.5. The van der Waals surface area contributed by atoms with E-state index in [1.165, 1.54) is 23.1 Å². The van der Waals surface area contributed by atoms with Crippen LogP contribution in [-0.4, -0.2) is 5.88 Å². The first-order valence-electron chi connectivity index (χ1n) is 6.08. The molecule has 0 aliphatic heterocycles. The molecule has 0 fully saturated rings. The molecule has 0 rings (SSSR count). The van der Waals surface area contributed by atoms with Crippen molar-refractivity contribution in [1.82, 2.24) is 0 Å². The highest BCUT2D eigenvalue weighted by molar-refractivity contribution is 6.17. The first-order valence-corrected chi connectivity index (χ1v) is 6.61. The zero-order valence-corrected chi connectivity index (χ0v) is 11.7. The first-order chi connectivity index (χ1) is 7.56. The molecule has 0 heterocycles. The van der Waals surface area contributed by atoms with Gasteiger partial charge in [-0.05, 0) is 52.9 Å². The Morgan fingerprint density at radius 3 is 2.19 bits per heavy atom. The van der Waals surface area contributed by atoms with Gasteiger partial charge >= 0.3 is 0 Å². The lowest BCUT2D eigenvalue weighted by molar-refractivity contribution is 0.891. The van der Waals surface area contributed by atoms with E-state index in [9.17, 15) is 0 Å². The third-order valence-corrected chi connectivity index (χ3v) is 2.72. The molecule has 0 nitrogen and oxygen atoms in total. The molecule has 0 saturated heterocycles. The quantitative estimate of drug-likeness (QED) is 0.380. The molecule has 0 atom stereocenters. The Bertz CT molecular complexity index is 255. The van der Waals surface area contributed by atoms with Gasteiger partial charge in [-0.2, -0.15) is 0 Å². The van der Waals surface area contributed by atoms with Crippen LogP contribution in [0.5, 0.6) is 0 Å². The summed E-state index contributed by atoms with van der Waals surface area (Å²) in [5, 5.41) is 0. The van der Waals surface area contributed by atoms with Crippen molar-refractivity contribution in [1.29, 1.82) is 0 Å². The SMILES string of the molecule is C=C(CCCl)CC/C=C(\C)CCC=C(C)C. The molecule has 0 saturated carbocycles. The topological polar surface area (TPSA) is 0 Å². The summed E-state index contributed by atoms with van der Waals surface area (Å²) in [5.41, 5.74) is 4.16. The Kier molecular flexibility index (Phi) is 9.42. The van der Waals surface area contributed by atoms with Crippen molar-refractivity contribution >= 4 is 11.6 Å². The fourth-order valence-corrected chi connectivity index (χ4v) is 1.74. The van der Waals surface area contributed by atoms with Gasteiger partial charge in [0.25, 0.3) is 0 Å². The van der Waals surface area contributed by atoms with E-state index in [-0.39, 0.29) is 0 Å². The summed E-state index contributed by atoms with van der Waals surface area (Å²) in [6, 6.07) is 0. The predicted octanol–water partition coefficient (Wildman–Crippen LogP) is 5.64. The molecule has 0 amide bonds. The second kappa shape index (κ2) is 9.72. The Morgan fingerprint density at radius 2 is 1.62 bits per heavy atom. The van der Waals surface area contributed by atoms with Crippen molar-refractivity contribution in [2.24, 2.45) is 0 Å². The van der Waals surface area contributed by atoms with Gasteiger partial charge in [0.15, 0.2) is 0 Å². The molecule has 0 spiro atoms. The van der Waals surface area contributed by atoms with Gasteiger partial charge < -0.3 is 0 Å². The van der Waals surface area contributed by atoms with E-state index in [1.807, 2.05) is 0 Å². The molecular weight excluding hydrogens is 216 g/mol. The predicted molar refractivity (Wildman–Crippen MR) is 76.1 cm³/mol. The third kappa shape index (κ3) is 10.0. The molecule has 0 aromatic heterocycles. The Hall–Kier alpha value is -0.490. The zero-order valence-electron chi connectivity index (χ0n) is 11.0. The van der Waals surface area contributed by atoms with Crippen LogP contribution in [-0.2, 0) is 0 Å². The summed E-state index contributed by atoms with van der Waals surface area (Å²) in [4.78, 5) is 0. The molecule has 0 aliphatic carbocycles. The number of rotatable bonds is 8. The minimum Gasteiger partial charge on any atom is -0.126 e. The average molecular weight is 241 g/mol. The number of hydrogen-bond acceptors (Lipinski definition) is 0. The van der Waals surface area contributed by atoms with Crippen LogP contribution in [0.1, 0.15) is 52.9 Å². The van der Waals surface area contributed by atoms with Crippen molar-refractivity contribution in [2.45, 2.75) is 52.9 Å². The molecule has 0 unspecified atom stereocenters. The lowest BCUT2D eigenvalue weighted by Gasteiger charge is -2.02. The molecule has 0 bridgehead atoms. The highest BCUT2D eigenvalue weighted by atomic mass is 35.5. The fourth-order valence-electron chi connectivity index (χ4n) is 1.47. The summed E-state index contributed by atoms with van der Waals surface area (Å²) in [6.07, 6.45) is 10.1. The Labute approximate surface area is 106 Å². The van der Waals surface area contributed by atoms with Gasteiger partial charge in [-0.1, -0.05) is 35.5 Å². The van der Waals surface area contributed by atoms with Gasteiger partial charge in [-0.3, -0.25) is 0 Å². The number of allylic oxidation sites excluding steroid dienone is 5. The molecule has 0 radical (unpaired) electrons. The van der Waals surface area contributed by atoms with Crippen molar-refractivity contribution in [3.8, 4) is 0 Å². The van der Waals surface area contributed by atoms with E-state index in [1.54, 1.807) is 0 Å². The van der Waals surface area contributed by atoms with E-state index in [0.717, 1.165) is 25.7 Å². The van der Waals surface area contributed by atoms with Gasteiger partial charge in [-0.15, -0.1) is 11.6 Å². The molecule has 92 valence electrons. The summed E-state index contributed by atoms with van der Waals surface area (Å²) in [6.45, 7) is 10.5. The molecule has 0 aromatic carbocycles. The van der Waals surface area contributed by atoms with Crippen LogP contribution in [0.2, 0.25) is 0 Å². The second-order valence-electron chi connectivity index (χ2n) is 4.60. The van der Waals surface area contributed by atoms with Gasteiger partial charge in [0.1, 0.15) is 0 Å². The van der Waals surface area contributed by atoms with Crippen LogP contribution in [0.15, 0.2) is 35.5 Å². The van der Waals surface area contributed by atoms with Crippen molar-refractivity contribution in [3.05, 3.63) is 35.5 Å². The van der Waals surface area contributed by atoms with E-state index in [4.69, 9.17) is 11.6 Å². The van der Waals surface area contributed by atoms with Gasteiger partial charge in [0.05, 0.1) is 0 Å². The summed E-state index contributed by atoms with van der Waals surface area (Å²) in [7, 11) is 0. The van der Waals surface area contributed by atoms with Crippen LogP contribution in [0.3, 0.4) is 0 Å². The van der Waals surface area contributed by atoms with E-state index in [0.29, 0.717) is 5.88 Å². The standard InChI is InChI=1S/C15H25Cl/c1-13(2)7-5-8-14(3)9-6-10-15(4)11-12-16/h7,9H,4-6,8,10-12H2,1-3H3/b14-9+. The summed E-state index contributed by atoms with van der Waals surface area (Å²) >= 11 is 5.65. The second-order valence-corrected chi connectivity index (χ2v) is 4.98. The third-order valence-electron chi connectivity index (χ3n) is 2.53. The van der Waals surface area contributed by atoms with Crippen LogP contribution < -0.4 is 0 Å². The summed E-state index contributed by atoms with van der Waals surface area (Å²) in [5.74, 6) is 0.697. The summed E-state index contributed by atoms with van der Waals surface area (Å²) < 4.78 is 0. The van der Waals surface area contributed by atoms with Crippen LogP contribution in [0.4, 0.5) is 0 Å². The Balaban J connectivity index is 3.70. The monoisotopic (exact) mass is 240 g/mol. The molecule has 1 heteroatoms. The molecule has 16 heavy (non-hydrogen) atoms. The van der Waals surface area contributed by atoms with Crippen LogP contribution in [0, 0.1) is 0 Å². The smallest absolute Gasteiger partial charge is 0.0260 e. The number of alkyl halides is 1. The average Bonchev–Trinajstić information content (AvgIpc) is 2.17.